The molecule has 0 aliphatic heterocycles. The van der Waals surface area contributed by atoms with E-state index in [-0.39, 0.29) is 0 Å². The van der Waals surface area contributed by atoms with Gasteiger partial charge in [0.15, 0.2) is 0 Å². The van der Waals surface area contributed by atoms with Crippen molar-refractivity contribution in [1.82, 2.24) is 10.1 Å². The minimum absolute atomic E-state index is 0.395. The third-order valence-corrected chi connectivity index (χ3v) is 4.20. The van der Waals surface area contributed by atoms with E-state index >= 15 is 0 Å². The van der Waals surface area contributed by atoms with E-state index in [1.54, 1.807) is 0 Å². The maximum absolute atomic E-state index is 6.18. The molecule has 0 spiro atoms. The zero-order valence-corrected chi connectivity index (χ0v) is 13.2. The largest absolute Gasteiger partial charge is 0.338 e. The molecular weight excluding hydrogens is 306 g/mol. The Morgan fingerprint density at radius 1 is 1.11 bits per heavy atom. The molecule has 0 aliphatic carbocycles. The van der Waals surface area contributed by atoms with Gasteiger partial charge in [-0.3, -0.25) is 0 Å². The van der Waals surface area contributed by atoms with Gasteiger partial charge in [-0.05, 0) is 52.0 Å². The lowest BCUT2D eigenvalue weighted by Gasteiger charge is -2.34. The van der Waals surface area contributed by atoms with Gasteiger partial charge in [-0.25, -0.2) is 0 Å². The molecule has 1 aromatic heterocycles. The molecule has 2 rings (SSSR count). The summed E-state index contributed by atoms with van der Waals surface area (Å²) in [5.41, 5.74) is 6.26. The zero-order chi connectivity index (χ0) is 14.3. The van der Waals surface area contributed by atoms with Crippen LogP contribution in [0.3, 0.4) is 0 Å². The molecule has 0 unspecified atom stereocenters. The van der Waals surface area contributed by atoms with Crippen molar-refractivity contribution in [3.8, 4) is 11.4 Å². The van der Waals surface area contributed by atoms with Crippen LogP contribution >= 0.6 is 15.9 Å². The minimum atomic E-state index is -0.448. The van der Waals surface area contributed by atoms with E-state index < -0.39 is 11.0 Å². The Hall–Kier alpha value is -1.20. The second kappa shape index (κ2) is 4.72. The van der Waals surface area contributed by atoms with Crippen molar-refractivity contribution in [3.63, 3.8) is 0 Å². The molecule has 0 radical (unpaired) electrons. The molecule has 2 aromatic rings. The zero-order valence-electron chi connectivity index (χ0n) is 11.6. The lowest BCUT2D eigenvalue weighted by molar-refractivity contribution is 0.223. The predicted molar refractivity (Wildman–Crippen MR) is 78.7 cm³/mol. The van der Waals surface area contributed by atoms with Gasteiger partial charge in [-0.1, -0.05) is 21.1 Å². The highest BCUT2D eigenvalue weighted by Gasteiger charge is 2.40. The van der Waals surface area contributed by atoms with Gasteiger partial charge in [0.25, 0.3) is 0 Å². The van der Waals surface area contributed by atoms with Crippen LogP contribution in [0.5, 0.6) is 0 Å². The first kappa shape index (κ1) is 14.2. The Morgan fingerprint density at radius 3 is 2.21 bits per heavy atom. The maximum Gasteiger partial charge on any atom is 0.234 e. The summed E-state index contributed by atoms with van der Waals surface area (Å²) in [4.78, 5) is 4.48. The summed E-state index contributed by atoms with van der Waals surface area (Å²) in [6.07, 6.45) is 0. The van der Waals surface area contributed by atoms with Crippen LogP contribution in [0.1, 0.15) is 33.6 Å². The van der Waals surface area contributed by atoms with Crippen molar-refractivity contribution in [3.05, 3.63) is 34.6 Å². The molecule has 19 heavy (non-hydrogen) atoms. The van der Waals surface area contributed by atoms with Crippen molar-refractivity contribution in [2.75, 3.05) is 0 Å². The Bertz CT molecular complexity index is 567. The molecule has 0 amide bonds. The number of nitrogens with two attached hydrogens (primary N) is 1. The third-order valence-electron chi connectivity index (χ3n) is 3.67. The van der Waals surface area contributed by atoms with Gasteiger partial charge < -0.3 is 10.3 Å². The van der Waals surface area contributed by atoms with Gasteiger partial charge in [-0.2, -0.15) is 4.98 Å². The third kappa shape index (κ3) is 2.72. The fourth-order valence-corrected chi connectivity index (χ4v) is 1.73. The highest BCUT2D eigenvalue weighted by Crippen LogP contribution is 2.32. The first-order chi connectivity index (χ1) is 8.72. The molecule has 2 N–H and O–H groups in total. The quantitative estimate of drug-likeness (QED) is 0.938. The van der Waals surface area contributed by atoms with E-state index in [0.717, 1.165) is 10.0 Å². The molecule has 0 atom stereocenters. The van der Waals surface area contributed by atoms with Crippen molar-refractivity contribution in [2.24, 2.45) is 5.73 Å². The van der Waals surface area contributed by atoms with Gasteiger partial charge in [0, 0.05) is 15.6 Å². The second-order valence-corrected chi connectivity index (χ2v) is 6.69. The molecule has 0 saturated carbocycles. The summed E-state index contributed by atoms with van der Waals surface area (Å²) in [5.74, 6) is 1.14. The predicted octanol–water partition coefficient (Wildman–Crippen LogP) is 3.51. The lowest BCUT2D eigenvalue weighted by Crippen LogP contribution is -2.50. The van der Waals surface area contributed by atoms with Crippen LogP contribution in [0.25, 0.3) is 11.4 Å². The average molecular weight is 324 g/mol. The van der Waals surface area contributed by atoms with Crippen LogP contribution in [0.2, 0.25) is 0 Å². The number of aromatic nitrogens is 2. The molecule has 0 bridgehead atoms. The Kier molecular flexibility index (Phi) is 3.53. The summed E-state index contributed by atoms with van der Waals surface area (Å²) < 4.78 is 6.40. The average Bonchev–Trinajstić information content (AvgIpc) is 2.78. The monoisotopic (exact) mass is 323 g/mol. The number of halogens is 1. The molecular formula is C14H18BrN3O. The van der Waals surface area contributed by atoms with Crippen LogP contribution in [0, 0.1) is 0 Å². The number of benzene rings is 1. The summed E-state index contributed by atoms with van der Waals surface area (Å²) >= 11 is 3.40. The number of hydrogen-bond acceptors (Lipinski definition) is 4. The van der Waals surface area contributed by atoms with Crippen molar-refractivity contribution < 1.29 is 4.52 Å². The summed E-state index contributed by atoms with van der Waals surface area (Å²) in [6, 6.07) is 7.78. The summed E-state index contributed by atoms with van der Waals surface area (Å²) in [5, 5.41) is 4.04. The van der Waals surface area contributed by atoms with Crippen LogP contribution in [0.4, 0.5) is 0 Å². The van der Waals surface area contributed by atoms with Gasteiger partial charge in [0.2, 0.25) is 11.7 Å². The van der Waals surface area contributed by atoms with E-state index in [9.17, 15) is 0 Å². The van der Waals surface area contributed by atoms with Gasteiger partial charge in [-0.15, -0.1) is 0 Å². The lowest BCUT2D eigenvalue weighted by atomic mass is 9.75. The van der Waals surface area contributed by atoms with E-state index in [2.05, 4.69) is 26.1 Å². The van der Waals surface area contributed by atoms with Crippen LogP contribution in [-0.4, -0.2) is 15.7 Å². The van der Waals surface area contributed by atoms with E-state index in [4.69, 9.17) is 10.3 Å². The van der Waals surface area contributed by atoms with Crippen molar-refractivity contribution >= 4 is 15.9 Å². The summed E-state index contributed by atoms with van der Waals surface area (Å²) in [7, 11) is 0. The molecule has 0 fully saturated rings. The molecule has 102 valence electrons. The normalized spacial score (nSPS) is 12.7. The summed E-state index contributed by atoms with van der Waals surface area (Å²) in [6.45, 7) is 7.92. The Labute approximate surface area is 121 Å². The van der Waals surface area contributed by atoms with E-state index in [1.807, 2.05) is 52.0 Å². The molecule has 4 nitrogen and oxygen atoms in total. The molecule has 1 heterocycles. The standard InChI is InChI=1S/C14H18BrN3O/c1-13(2,14(3,4)16)12-17-11(18-19-12)9-5-7-10(15)8-6-9/h5-8H,16H2,1-4H3. The smallest absolute Gasteiger partial charge is 0.234 e. The Balaban J connectivity index is 2.37. The van der Waals surface area contributed by atoms with Crippen molar-refractivity contribution in [2.45, 2.75) is 38.6 Å². The molecule has 5 heteroatoms. The number of nitrogens with zero attached hydrogens (tertiary/aromatic N) is 2. The van der Waals surface area contributed by atoms with Gasteiger partial charge in [0.05, 0.1) is 5.41 Å². The van der Waals surface area contributed by atoms with Crippen molar-refractivity contribution in [1.29, 1.82) is 0 Å². The fourth-order valence-electron chi connectivity index (χ4n) is 1.47. The van der Waals surface area contributed by atoms with Crippen LogP contribution in [-0.2, 0) is 5.41 Å². The maximum atomic E-state index is 6.18. The fraction of sp³-hybridized carbons (Fsp3) is 0.429. The van der Waals surface area contributed by atoms with E-state index in [1.165, 1.54) is 0 Å². The molecule has 1 aromatic carbocycles. The first-order valence-corrected chi connectivity index (χ1v) is 6.90. The number of rotatable bonds is 3. The van der Waals surface area contributed by atoms with Gasteiger partial charge in [0.1, 0.15) is 0 Å². The number of hydrogen-bond donors (Lipinski definition) is 1. The molecule has 0 aliphatic rings. The van der Waals surface area contributed by atoms with Crippen LogP contribution in [0.15, 0.2) is 33.3 Å². The SMILES string of the molecule is CC(C)(N)C(C)(C)c1nc(-c2ccc(Br)cc2)no1. The van der Waals surface area contributed by atoms with Crippen LogP contribution < -0.4 is 5.73 Å². The highest BCUT2D eigenvalue weighted by molar-refractivity contribution is 9.10. The minimum Gasteiger partial charge on any atom is -0.338 e. The highest BCUT2D eigenvalue weighted by atomic mass is 79.9. The van der Waals surface area contributed by atoms with E-state index in [0.29, 0.717) is 11.7 Å². The second-order valence-electron chi connectivity index (χ2n) is 5.78. The topological polar surface area (TPSA) is 64.9 Å². The van der Waals surface area contributed by atoms with Gasteiger partial charge >= 0.3 is 0 Å². The molecule has 0 saturated heterocycles. The Morgan fingerprint density at radius 2 is 1.68 bits per heavy atom. The first-order valence-electron chi connectivity index (χ1n) is 6.11.